The van der Waals surface area contributed by atoms with Crippen LogP contribution in [0.15, 0.2) is 72.1 Å². The number of hydrogen-bond donors (Lipinski definition) is 0. The summed E-state index contributed by atoms with van der Waals surface area (Å²) >= 11 is 6.33. The molecular weight excluding hydrogens is 448 g/mol. The van der Waals surface area contributed by atoms with Crippen molar-refractivity contribution in [2.75, 3.05) is 0 Å². The van der Waals surface area contributed by atoms with E-state index in [2.05, 4.69) is 9.97 Å². The van der Waals surface area contributed by atoms with Crippen LogP contribution in [0.5, 0.6) is 0 Å². The molecule has 0 spiro atoms. The van der Waals surface area contributed by atoms with Crippen LogP contribution in [0.3, 0.4) is 0 Å². The van der Waals surface area contributed by atoms with Gasteiger partial charge in [-0.25, -0.2) is 18.4 Å². The van der Waals surface area contributed by atoms with Gasteiger partial charge in [-0.1, -0.05) is 29.8 Å². The quantitative estimate of drug-likeness (QED) is 0.448. The summed E-state index contributed by atoms with van der Waals surface area (Å²) < 4.78 is 27.5. The van der Waals surface area contributed by atoms with Gasteiger partial charge in [0.25, 0.3) is 0 Å². The summed E-state index contributed by atoms with van der Waals surface area (Å²) in [6, 6.07) is 14.2. The first kappa shape index (κ1) is 20.7. The van der Waals surface area contributed by atoms with Crippen molar-refractivity contribution in [2.24, 2.45) is 0 Å². The fraction of sp³-hybridized carbons (Fsp3) is 0.174. The summed E-state index contributed by atoms with van der Waals surface area (Å²) in [6.07, 6.45) is 4.71. The summed E-state index contributed by atoms with van der Waals surface area (Å²) in [5, 5.41) is 1.58. The Labute approximate surface area is 190 Å². The Morgan fingerprint density at radius 3 is 2.72 bits per heavy atom. The van der Waals surface area contributed by atoms with Crippen molar-refractivity contribution in [3.8, 4) is 0 Å². The highest BCUT2D eigenvalue weighted by Crippen LogP contribution is 2.28. The lowest BCUT2D eigenvalue weighted by Crippen LogP contribution is -2.28. The molecular formula is C23H19ClN4O3S. The molecule has 0 saturated carbocycles. The average molecular weight is 467 g/mol. The van der Waals surface area contributed by atoms with E-state index in [-0.39, 0.29) is 23.1 Å². The van der Waals surface area contributed by atoms with Crippen molar-refractivity contribution in [3.63, 3.8) is 0 Å². The van der Waals surface area contributed by atoms with Gasteiger partial charge in [0, 0.05) is 30.9 Å². The van der Waals surface area contributed by atoms with E-state index >= 15 is 0 Å². The van der Waals surface area contributed by atoms with Crippen molar-refractivity contribution >= 4 is 38.2 Å². The molecule has 3 heterocycles. The van der Waals surface area contributed by atoms with Crippen molar-refractivity contribution in [3.05, 3.63) is 89.1 Å². The zero-order valence-electron chi connectivity index (χ0n) is 17.0. The van der Waals surface area contributed by atoms with Gasteiger partial charge < -0.3 is 9.47 Å². The van der Waals surface area contributed by atoms with Crippen LogP contribution in [-0.4, -0.2) is 33.8 Å². The number of carbonyl (C=O) groups is 1. The van der Waals surface area contributed by atoms with E-state index in [0.717, 1.165) is 22.0 Å². The SMILES string of the molecule is O=C(Cn1ccc2cccc(Cl)c21)N1Cc2ccc(S(=O)(=O)Cc3ccncn3)cc2C1. The predicted molar refractivity (Wildman–Crippen MR) is 121 cm³/mol. The highest BCUT2D eigenvalue weighted by atomic mass is 35.5. The van der Waals surface area contributed by atoms with Crippen molar-refractivity contribution < 1.29 is 13.2 Å². The van der Waals surface area contributed by atoms with E-state index in [1.165, 1.54) is 12.5 Å². The van der Waals surface area contributed by atoms with Gasteiger partial charge in [0.1, 0.15) is 12.9 Å². The molecule has 4 aromatic rings. The third-order valence-electron chi connectivity index (χ3n) is 5.64. The normalized spacial score (nSPS) is 13.5. The van der Waals surface area contributed by atoms with Gasteiger partial charge in [-0.15, -0.1) is 0 Å². The summed E-state index contributed by atoms with van der Waals surface area (Å²) in [5.74, 6) is -0.248. The lowest BCUT2D eigenvalue weighted by Gasteiger charge is -2.16. The van der Waals surface area contributed by atoms with Crippen LogP contribution < -0.4 is 0 Å². The largest absolute Gasteiger partial charge is 0.337 e. The number of benzene rings is 2. The fourth-order valence-corrected chi connectivity index (χ4v) is 5.63. The van der Waals surface area contributed by atoms with E-state index in [0.29, 0.717) is 23.8 Å². The van der Waals surface area contributed by atoms with E-state index < -0.39 is 9.84 Å². The van der Waals surface area contributed by atoms with Gasteiger partial charge in [-0.3, -0.25) is 4.79 Å². The predicted octanol–water partition coefficient (Wildman–Crippen LogP) is 3.60. The number of carbonyl (C=O) groups excluding carboxylic acids is 1. The summed E-state index contributed by atoms with van der Waals surface area (Å²) in [7, 11) is -3.56. The summed E-state index contributed by atoms with van der Waals surface area (Å²) in [6.45, 7) is 0.991. The number of halogens is 1. The van der Waals surface area contributed by atoms with E-state index in [4.69, 9.17) is 11.6 Å². The first-order valence-electron chi connectivity index (χ1n) is 10.0. The zero-order chi connectivity index (χ0) is 22.3. The van der Waals surface area contributed by atoms with Crippen molar-refractivity contribution in [1.82, 2.24) is 19.4 Å². The maximum Gasteiger partial charge on any atom is 0.243 e. The van der Waals surface area contributed by atoms with E-state index in [9.17, 15) is 13.2 Å². The standard InChI is InChI=1S/C23H19ClN4O3S/c24-21-3-1-2-16-7-9-27(23(16)21)13-22(29)28-11-17-4-5-20(10-18(17)12-28)32(30,31)14-19-6-8-25-15-26-19/h1-10,15H,11-14H2. The third kappa shape index (κ3) is 3.87. The van der Waals surface area contributed by atoms with Crippen molar-refractivity contribution in [1.29, 1.82) is 0 Å². The molecule has 0 saturated heterocycles. The number of amides is 1. The number of nitrogens with zero attached hydrogens (tertiary/aromatic N) is 4. The first-order valence-corrected chi connectivity index (χ1v) is 12.0. The summed E-state index contributed by atoms with van der Waals surface area (Å²) in [5.41, 5.74) is 3.07. The molecule has 1 amide bonds. The second kappa shape index (κ2) is 8.03. The number of rotatable bonds is 5. The topological polar surface area (TPSA) is 85.2 Å². The molecule has 32 heavy (non-hydrogen) atoms. The lowest BCUT2D eigenvalue weighted by molar-refractivity contribution is -0.132. The highest BCUT2D eigenvalue weighted by molar-refractivity contribution is 7.90. The van der Waals surface area contributed by atoms with Gasteiger partial charge in [0.05, 0.1) is 26.9 Å². The molecule has 5 rings (SSSR count). The van der Waals surface area contributed by atoms with Crippen LogP contribution in [0.25, 0.3) is 10.9 Å². The molecule has 2 aromatic carbocycles. The highest BCUT2D eigenvalue weighted by Gasteiger charge is 2.26. The molecule has 0 aliphatic carbocycles. The number of para-hydroxylation sites is 1. The lowest BCUT2D eigenvalue weighted by atomic mass is 10.1. The summed E-state index contributed by atoms with van der Waals surface area (Å²) in [4.78, 5) is 22.8. The maximum absolute atomic E-state index is 13.0. The number of aromatic nitrogens is 3. The molecule has 9 heteroatoms. The second-order valence-electron chi connectivity index (χ2n) is 7.76. The van der Waals surface area contributed by atoms with Gasteiger partial charge in [0.15, 0.2) is 9.84 Å². The Hall–Kier alpha value is -3.23. The Bertz CT molecular complexity index is 1430. The monoisotopic (exact) mass is 466 g/mol. The average Bonchev–Trinajstić information content (AvgIpc) is 3.38. The zero-order valence-corrected chi connectivity index (χ0v) is 18.6. The number of hydrogen-bond acceptors (Lipinski definition) is 5. The van der Waals surface area contributed by atoms with Crippen molar-refractivity contribution in [2.45, 2.75) is 30.3 Å². The maximum atomic E-state index is 13.0. The van der Waals surface area contributed by atoms with Crippen LogP contribution in [0.1, 0.15) is 16.8 Å². The molecule has 162 valence electrons. The molecule has 7 nitrogen and oxygen atoms in total. The van der Waals surface area contributed by atoms with Gasteiger partial charge in [-0.05, 0) is 41.5 Å². The molecule has 1 aliphatic rings. The second-order valence-corrected chi connectivity index (χ2v) is 10.2. The number of fused-ring (bicyclic) bond motifs is 2. The number of sulfone groups is 1. The molecule has 0 bridgehead atoms. The van der Waals surface area contributed by atoms with Crippen LogP contribution in [0.2, 0.25) is 5.02 Å². The minimum absolute atomic E-state index is 0.0518. The molecule has 0 fully saturated rings. The van der Waals surface area contributed by atoms with E-state index in [1.807, 2.05) is 29.0 Å². The molecule has 0 N–H and O–H groups in total. The third-order valence-corrected chi connectivity index (χ3v) is 7.59. The van der Waals surface area contributed by atoms with Crippen LogP contribution in [-0.2, 0) is 40.0 Å². The van der Waals surface area contributed by atoms with Gasteiger partial charge in [-0.2, -0.15) is 0 Å². The Morgan fingerprint density at radius 1 is 1.06 bits per heavy atom. The minimum atomic E-state index is -3.56. The van der Waals surface area contributed by atoms with Gasteiger partial charge in [0.2, 0.25) is 5.91 Å². The molecule has 2 aromatic heterocycles. The molecule has 0 unspecified atom stereocenters. The van der Waals surface area contributed by atoms with E-state index in [1.54, 1.807) is 35.2 Å². The Morgan fingerprint density at radius 2 is 1.91 bits per heavy atom. The van der Waals surface area contributed by atoms with Gasteiger partial charge >= 0.3 is 0 Å². The van der Waals surface area contributed by atoms with Crippen LogP contribution >= 0.6 is 11.6 Å². The minimum Gasteiger partial charge on any atom is -0.337 e. The first-order chi connectivity index (χ1) is 15.4. The van der Waals surface area contributed by atoms with Crippen LogP contribution in [0, 0.1) is 0 Å². The Balaban J connectivity index is 1.33. The van der Waals surface area contributed by atoms with Crippen LogP contribution in [0.4, 0.5) is 0 Å². The fourth-order valence-electron chi connectivity index (χ4n) is 4.01. The molecule has 0 atom stereocenters. The molecule has 1 aliphatic heterocycles. The Kier molecular flexibility index (Phi) is 5.19. The smallest absolute Gasteiger partial charge is 0.243 e. The molecule has 0 radical (unpaired) electrons.